The van der Waals surface area contributed by atoms with Gasteiger partial charge in [-0.25, -0.2) is 9.18 Å². The Hall–Kier alpha value is -2.11. The van der Waals surface area contributed by atoms with Crippen LogP contribution in [0.3, 0.4) is 0 Å². The molecular formula is C17H24FN3O2. The van der Waals surface area contributed by atoms with E-state index in [2.05, 4.69) is 10.6 Å². The number of likely N-dealkylation sites (tertiary alicyclic amines) is 1. The zero-order chi connectivity index (χ0) is 16.7. The highest BCUT2D eigenvalue weighted by molar-refractivity contribution is 5.74. The van der Waals surface area contributed by atoms with Crippen LogP contribution in [0.5, 0.6) is 0 Å². The van der Waals surface area contributed by atoms with Gasteiger partial charge in [0.15, 0.2) is 0 Å². The summed E-state index contributed by atoms with van der Waals surface area (Å²) in [6.07, 6.45) is 3.74. The molecule has 0 aliphatic carbocycles. The lowest BCUT2D eigenvalue weighted by molar-refractivity contribution is -0.119. The van der Waals surface area contributed by atoms with Crippen LogP contribution in [0.15, 0.2) is 24.3 Å². The second-order valence-corrected chi connectivity index (χ2v) is 5.86. The van der Waals surface area contributed by atoms with Gasteiger partial charge in [-0.1, -0.05) is 18.2 Å². The first-order chi connectivity index (χ1) is 11.1. The molecule has 0 saturated carbocycles. The molecule has 6 heteroatoms. The molecule has 1 fully saturated rings. The van der Waals surface area contributed by atoms with Gasteiger partial charge in [-0.3, -0.25) is 4.79 Å². The molecule has 23 heavy (non-hydrogen) atoms. The van der Waals surface area contributed by atoms with Crippen LogP contribution in [0.4, 0.5) is 9.18 Å². The zero-order valence-electron chi connectivity index (χ0n) is 13.5. The minimum atomic E-state index is -0.311. The standard InChI is InChI=1S/C17H24FN3O2/c1-13(22)19-10-9-15-7-4-5-11-21(15)17(23)20-12-14-6-2-3-8-16(14)18/h2-3,6,8,15H,4-5,7,9-12H2,1H3,(H,19,22)(H,20,23)/t15-/m1/s1. The van der Waals surface area contributed by atoms with E-state index in [4.69, 9.17) is 0 Å². The average molecular weight is 321 g/mol. The van der Waals surface area contributed by atoms with Crippen LogP contribution in [-0.4, -0.2) is 36.0 Å². The Morgan fingerprint density at radius 3 is 2.78 bits per heavy atom. The van der Waals surface area contributed by atoms with Gasteiger partial charge in [-0.15, -0.1) is 0 Å². The number of nitrogens with zero attached hydrogens (tertiary/aromatic N) is 1. The maximum Gasteiger partial charge on any atom is 0.317 e. The van der Waals surface area contributed by atoms with Crippen molar-refractivity contribution >= 4 is 11.9 Å². The molecule has 0 radical (unpaired) electrons. The number of carbonyl (C=O) groups excluding carboxylic acids is 2. The summed E-state index contributed by atoms with van der Waals surface area (Å²) in [4.78, 5) is 25.2. The van der Waals surface area contributed by atoms with Crippen molar-refractivity contribution in [2.75, 3.05) is 13.1 Å². The predicted octanol–water partition coefficient (Wildman–Crippen LogP) is 2.42. The van der Waals surface area contributed by atoms with E-state index < -0.39 is 0 Å². The molecule has 0 bridgehead atoms. The highest BCUT2D eigenvalue weighted by atomic mass is 19.1. The zero-order valence-corrected chi connectivity index (χ0v) is 13.5. The van der Waals surface area contributed by atoms with Crippen LogP contribution >= 0.6 is 0 Å². The van der Waals surface area contributed by atoms with Crippen molar-refractivity contribution in [3.8, 4) is 0 Å². The van der Waals surface area contributed by atoms with Crippen molar-refractivity contribution in [2.45, 2.75) is 45.2 Å². The fraction of sp³-hybridized carbons (Fsp3) is 0.529. The van der Waals surface area contributed by atoms with Crippen LogP contribution in [-0.2, 0) is 11.3 Å². The van der Waals surface area contributed by atoms with Crippen LogP contribution in [0.25, 0.3) is 0 Å². The number of halogens is 1. The summed E-state index contributed by atoms with van der Waals surface area (Å²) in [6.45, 7) is 2.94. The van der Waals surface area contributed by atoms with E-state index in [-0.39, 0.29) is 30.3 Å². The third kappa shape index (κ3) is 5.23. The van der Waals surface area contributed by atoms with Crippen molar-refractivity contribution in [1.29, 1.82) is 0 Å². The molecule has 2 rings (SSSR count). The maximum absolute atomic E-state index is 13.6. The number of piperidine rings is 1. The number of urea groups is 1. The summed E-state index contributed by atoms with van der Waals surface area (Å²) < 4.78 is 13.6. The van der Waals surface area contributed by atoms with Crippen LogP contribution in [0.1, 0.15) is 38.2 Å². The van der Waals surface area contributed by atoms with E-state index in [9.17, 15) is 14.0 Å². The molecule has 1 aliphatic heterocycles. The lowest BCUT2D eigenvalue weighted by Crippen LogP contribution is -2.49. The van der Waals surface area contributed by atoms with E-state index in [1.165, 1.54) is 13.0 Å². The molecule has 2 N–H and O–H groups in total. The smallest absolute Gasteiger partial charge is 0.317 e. The molecule has 1 atom stereocenters. The number of amides is 3. The first-order valence-electron chi connectivity index (χ1n) is 8.10. The summed E-state index contributed by atoms with van der Waals surface area (Å²) in [5.74, 6) is -0.370. The molecule has 5 nitrogen and oxygen atoms in total. The van der Waals surface area contributed by atoms with Gasteiger partial charge >= 0.3 is 6.03 Å². The Morgan fingerprint density at radius 2 is 2.04 bits per heavy atom. The molecule has 1 aromatic carbocycles. The second-order valence-electron chi connectivity index (χ2n) is 5.86. The summed E-state index contributed by atoms with van der Waals surface area (Å²) >= 11 is 0. The second kappa shape index (κ2) is 8.50. The maximum atomic E-state index is 13.6. The Kier molecular flexibility index (Phi) is 6.38. The third-order valence-corrected chi connectivity index (χ3v) is 4.13. The summed E-state index contributed by atoms with van der Waals surface area (Å²) in [7, 11) is 0. The number of rotatable bonds is 5. The molecule has 1 aromatic rings. The first-order valence-corrected chi connectivity index (χ1v) is 8.10. The Labute approximate surface area is 136 Å². The van der Waals surface area contributed by atoms with Gasteiger partial charge in [-0.2, -0.15) is 0 Å². The monoisotopic (exact) mass is 321 g/mol. The molecule has 1 heterocycles. The van der Waals surface area contributed by atoms with Gasteiger partial charge in [0.05, 0.1) is 0 Å². The predicted molar refractivity (Wildman–Crippen MR) is 86.3 cm³/mol. The Bertz CT molecular complexity index is 550. The average Bonchev–Trinajstić information content (AvgIpc) is 2.54. The number of benzene rings is 1. The number of hydrogen-bond acceptors (Lipinski definition) is 2. The molecule has 0 aromatic heterocycles. The van der Waals surface area contributed by atoms with Gasteiger partial charge in [0.25, 0.3) is 0 Å². The SMILES string of the molecule is CC(=O)NCC[C@H]1CCCCN1C(=O)NCc1ccccc1F. The van der Waals surface area contributed by atoms with Crippen LogP contribution in [0.2, 0.25) is 0 Å². The minimum Gasteiger partial charge on any atom is -0.356 e. The highest BCUT2D eigenvalue weighted by Crippen LogP contribution is 2.19. The third-order valence-electron chi connectivity index (χ3n) is 4.13. The molecular weight excluding hydrogens is 297 g/mol. The fourth-order valence-electron chi connectivity index (χ4n) is 2.90. The molecule has 126 valence electrons. The Morgan fingerprint density at radius 1 is 1.26 bits per heavy atom. The van der Waals surface area contributed by atoms with Crippen molar-refractivity contribution in [1.82, 2.24) is 15.5 Å². The van der Waals surface area contributed by atoms with Gasteiger partial charge in [0.2, 0.25) is 5.91 Å². The lowest BCUT2D eigenvalue weighted by atomic mass is 10.00. The van der Waals surface area contributed by atoms with Gasteiger partial charge in [0.1, 0.15) is 5.82 Å². The van der Waals surface area contributed by atoms with E-state index in [1.807, 2.05) is 4.90 Å². The minimum absolute atomic E-state index is 0.0589. The van der Waals surface area contributed by atoms with E-state index in [1.54, 1.807) is 18.2 Å². The topological polar surface area (TPSA) is 61.4 Å². The molecule has 1 aliphatic rings. The van der Waals surface area contributed by atoms with Crippen LogP contribution < -0.4 is 10.6 Å². The summed E-state index contributed by atoms with van der Waals surface area (Å²) in [6, 6.07) is 6.39. The quantitative estimate of drug-likeness (QED) is 0.875. The molecule has 0 spiro atoms. The van der Waals surface area contributed by atoms with Gasteiger partial charge < -0.3 is 15.5 Å². The Balaban J connectivity index is 1.87. The number of hydrogen-bond donors (Lipinski definition) is 2. The normalized spacial score (nSPS) is 17.7. The van der Waals surface area contributed by atoms with Crippen molar-refractivity contribution < 1.29 is 14.0 Å². The van der Waals surface area contributed by atoms with E-state index >= 15 is 0 Å². The number of carbonyl (C=O) groups is 2. The highest BCUT2D eigenvalue weighted by Gasteiger charge is 2.26. The molecule has 3 amide bonds. The van der Waals surface area contributed by atoms with Crippen LogP contribution in [0, 0.1) is 5.82 Å². The lowest BCUT2D eigenvalue weighted by Gasteiger charge is -2.35. The van der Waals surface area contributed by atoms with Gasteiger partial charge in [-0.05, 0) is 31.7 Å². The fourth-order valence-corrected chi connectivity index (χ4v) is 2.90. The van der Waals surface area contributed by atoms with Crippen molar-refractivity contribution in [3.63, 3.8) is 0 Å². The van der Waals surface area contributed by atoms with Crippen molar-refractivity contribution in [2.24, 2.45) is 0 Å². The summed E-state index contributed by atoms with van der Waals surface area (Å²) in [5, 5.41) is 5.57. The van der Waals surface area contributed by atoms with E-state index in [0.717, 1.165) is 25.7 Å². The molecule has 0 unspecified atom stereocenters. The van der Waals surface area contributed by atoms with E-state index in [0.29, 0.717) is 18.7 Å². The largest absolute Gasteiger partial charge is 0.356 e. The van der Waals surface area contributed by atoms with Crippen molar-refractivity contribution in [3.05, 3.63) is 35.6 Å². The number of nitrogens with one attached hydrogen (secondary N) is 2. The summed E-state index contributed by atoms with van der Waals surface area (Å²) in [5.41, 5.74) is 0.479. The first kappa shape index (κ1) is 17.2. The van der Waals surface area contributed by atoms with Gasteiger partial charge in [0, 0.05) is 38.2 Å². The molecule has 1 saturated heterocycles.